The molecule has 32 heavy (non-hydrogen) atoms. The standard InChI is InChI=1S/C8H10O9.C6H8O7.2Na.2H/c9-5(10)1-3(7(13)14)17-4(8(15)16)2-6(11)12;7-3(8)1-6(13,5(11)12)2-4(9)10;;;;/h3-4H,1-2H2,(H,9,10)(H,11,12)(H,13,14)(H,15,16);13H,1-2H2,(H,7,8)(H,9,10)(H,11,12);;;;. The average molecular weight is 490 g/mol. The first-order valence-electron chi connectivity index (χ1n) is 7.45. The minimum absolute atomic E-state index is 0. The molecule has 8 N–H and O–H groups in total. The van der Waals surface area contributed by atoms with Crippen LogP contribution >= 0.6 is 0 Å². The normalized spacial score (nSPS) is 11.7. The Balaban J connectivity index is -0.000000238. The molecule has 2 atom stereocenters. The third-order valence-corrected chi connectivity index (χ3v) is 2.88. The van der Waals surface area contributed by atoms with Crippen LogP contribution < -0.4 is 0 Å². The molecule has 0 aromatic heterocycles. The Morgan fingerprint density at radius 3 is 1.03 bits per heavy atom. The number of ether oxygens (including phenoxy) is 1. The molecule has 16 nitrogen and oxygen atoms in total. The quantitative estimate of drug-likeness (QED) is 0.115. The molecule has 18 heteroatoms. The minimum atomic E-state index is -2.74. The Labute approximate surface area is 222 Å². The van der Waals surface area contributed by atoms with Gasteiger partial charge in [-0.3, -0.25) is 19.2 Å². The molecular formula is C14H20Na2O16. The summed E-state index contributed by atoms with van der Waals surface area (Å²) in [5.74, 6) is -11.4. The molecule has 2 unspecified atom stereocenters. The summed E-state index contributed by atoms with van der Waals surface area (Å²) in [4.78, 5) is 72.1. The van der Waals surface area contributed by atoms with Gasteiger partial charge in [0, 0.05) is 0 Å². The second-order valence-corrected chi connectivity index (χ2v) is 5.46. The third-order valence-electron chi connectivity index (χ3n) is 2.88. The Bertz CT molecular complexity index is 657. The van der Waals surface area contributed by atoms with E-state index in [1.807, 2.05) is 0 Å². The van der Waals surface area contributed by atoms with Gasteiger partial charge < -0.3 is 45.6 Å². The van der Waals surface area contributed by atoms with E-state index in [9.17, 15) is 33.6 Å². The Morgan fingerprint density at radius 1 is 0.594 bits per heavy atom. The number of rotatable bonds is 13. The van der Waals surface area contributed by atoms with Gasteiger partial charge in [-0.1, -0.05) is 0 Å². The van der Waals surface area contributed by atoms with Crippen LogP contribution in [0, 0.1) is 0 Å². The zero-order valence-electron chi connectivity index (χ0n) is 14.8. The van der Waals surface area contributed by atoms with Crippen LogP contribution in [-0.2, 0) is 38.3 Å². The second-order valence-electron chi connectivity index (χ2n) is 5.46. The molecule has 0 spiro atoms. The van der Waals surface area contributed by atoms with Crippen molar-refractivity contribution in [3.63, 3.8) is 0 Å². The molecule has 0 fully saturated rings. The first-order chi connectivity index (χ1) is 13.5. The van der Waals surface area contributed by atoms with Crippen LogP contribution in [0.25, 0.3) is 0 Å². The van der Waals surface area contributed by atoms with Crippen LogP contribution in [0.15, 0.2) is 0 Å². The van der Waals surface area contributed by atoms with Gasteiger partial charge >= 0.3 is 101 Å². The predicted octanol–water partition coefficient (Wildman–Crippen LogP) is -3.69. The van der Waals surface area contributed by atoms with E-state index in [4.69, 9.17) is 40.9 Å². The molecule has 0 aliphatic heterocycles. The number of carboxylic acids is 7. The summed E-state index contributed by atoms with van der Waals surface area (Å²) in [5.41, 5.74) is -2.74. The Morgan fingerprint density at radius 2 is 0.875 bits per heavy atom. The van der Waals surface area contributed by atoms with Crippen molar-refractivity contribution >= 4 is 101 Å². The van der Waals surface area contributed by atoms with E-state index in [-0.39, 0.29) is 59.1 Å². The fraction of sp³-hybridized carbons (Fsp3) is 0.500. The summed E-state index contributed by atoms with van der Waals surface area (Å²) in [7, 11) is 0. The maximum atomic E-state index is 10.6. The number of aliphatic carboxylic acids is 7. The molecule has 0 amide bonds. The van der Waals surface area contributed by atoms with Crippen LogP contribution in [-0.4, -0.2) is 160 Å². The molecule has 0 saturated heterocycles. The average Bonchev–Trinajstić information content (AvgIpc) is 2.51. The molecule has 0 aromatic carbocycles. The monoisotopic (exact) mass is 490 g/mol. The number of carboxylic acid groups (broad SMARTS) is 7. The summed E-state index contributed by atoms with van der Waals surface area (Å²) in [6, 6.07) is 0. The van der Waals surface area contributed by atoms with Crippen molar-refractivity contribution in [2.24, 2.45) is 0 Å². The molecule has 0 rings (SSSR count). The van der Waals surface area contributed by atoms with E-state index in [2.05, 4.69) is 4.74 Å². The Kier molecular flexibility index (Phi) is 20.8. The molecular weight excluding hydrogens is 470 g/mol. The van der Waals surface area contributed by atoms with Crippen LogP contribution in [0.4, 0.5) is 0 Å². The first kappa shape index (κ1) is 37.5. The molecule has 174 valence electrons. The van der Waals surface area contributed by atoms with Gasteiger partial charge in [-0.15, -0.1) is 0 Å². The number of hydrogen-bond donors (Lipinski definition) is 8. The van der Waals surface area contributed by atoms with Crippen molar-refractivity contribution in [3.8, 4) is 0 Å². The second kappa shape index (κ2) is 17.7. The molecule has 0 aromatic rings. The van der Waals surface area contributed by atoms with E-state index in [1.54, 1.807) is 0 Å². The van der Waals surface area contributed by atoms with Gasteiger partial charge in [-0.25, -0.2) is 14.4 Å². The number of hydrogen-bond acceptors (Lipinski definition) is 9. The van der Waals surface area contributed by atoms with Gasteiger partial charge in [0.15, 0.2) is 17.8 Å². The molecule has 0 saturated carbocycles. The van der Waals surface area contributed by atoms with E-state index in [0.717, 1.165) is 0 Å². The molecule has 0 bridgehead atoms. The van der Waals surface area contributed by atoms with Crippen molar-refractivity contribution in [3.05, 3.63) is 0 Å². The van der Waals surface area contributed by atoms with Gasteiger partial charge in [-0.2, -0.15) is 0 Å². The van der Waals surface area contributed by atoms with Gasteiger partial charge in [0.2, 0.25) is 0 Å². The molecule has 0 aliphatic rings. The topological polar surface area (TPSA) is 291 Å². The summed E-state index contributed by atoms with van der Waals surface area (Å²) < 4.78 is 4.43. The van der Waals surface area contributed by atoms with E-state index < -0.39 is 85.3 Å². The summed E-state index contributed by atoms with van der Waals surface area (Å²) in [6.07, 6.45) is -8.03. The maximum absolute atomic E-state index is 10.6. The summed E-state index contributed by atoms with van der Waals surface area (Å²) >= 11 is 0. The fourth-order valence-electron chi connectivity index (χ4n) is 1.62. The SMILES string of the molecule is O=C(O)CC(O)(CC(=O)O)C(=O)O.O=C(O)CC(OC(CC(=O)O)C(=O)O)C(=O)O.[NaH].[NaH]. The van der Waals surface area contributed by atoms with Crippen LogP contribution in [0.1, 0.15) is 25.7 Å². The van der Waals surface area contributed by atoms with Crippen molar-refractivity contribution in [1.82, 2.24) is 0 Å². The zero-order valence-corrected chi connectivity index (χ0v) is 14.8. The zero-order chi connectivity index (χ0) is 24.2. The van der Waals surface area contributed by atoms with Gasteiger partial charge in [0.05, 0.1) is 25.7 Å². The fourth-order valence-corrected chi connectivity index (χ4v) is 1.62. The number of carbonyl (C=O) groups is 7. The van der Waals surface area contributed by atoms with Crippen molar-refractivity contribution in [2.45, 2.75) is 43.5 Å². The van der Waals surface area contributed by atoms with Crippen LogP contribution in [0.5, 0.6) is 0 Å². The van der Waals surface area contributed by atoms with E-state index >= 15 is 0 Å². The molecule has 0 heterocycles. The van der Waals surface area contributed by atoms with Gasteiger partial charge in [0.1, 0.15) is 0 Å². The van der Waals surface area contributed by atoms with Crippen molar-refractivity contribution in [2.75, 3.05) is 0 Å². The number of aliphatic hydroxyl groups is 1. The third kappa shape index (κ3) is 17.8. The van der Waals surface area contributed by atoms with Gasteiger partial charge in [-0.05, 0) is 0 Å². The van der Waals surface area contributed by atoms with E-state index in [1.165, 1.54) is 0 Å². The van der Waals surface area contributed by atoms with Crippen molar-refractivity contribution in [1.29, 1.82) is 0 Å². The molecule has 0 aliphatic carbocycles. The Hall–Kier alpha value is -1.79. The van der Waals surface area contributed by atoms with E-state index in [0.29, 0.717) is 0 Å². The molecule has 0 radical (unpaired) electrons. The van der Waals surface area contributed by atoms with Crippen LogP contribution in [0.3, 0.4) is 0 Å². The van der Waals surface area contributed by atoms with Gasteiger partial charge in [0.25, 0.3) is 0 Å². The summed E-state index contributed by atoms with van der Waals surface area (Å²) in [5, 5.41) is 67.6. The van der Waals surface area contributed by atoms with Crippen LogP contribution in [0.2, 0.25) is 0 Å². The first-order valence-corrected chi connectivity index (χ1v) is 7.45. The predicted molar refractivity (Wildman–Crippen MR) is 99.8 cm³/mol. The summed E-state index contributed by atoms with van der Waals surface area (Å²) in [6.45, 7) is 0. The van der Waals surface area contributed by atoms with Crippen molar-refractivity contribution < 1.29 is 79.2 Å².